The van der Waals surface area contributed by atoms with Crippen LogP contribution in [0, 0.1) is 0 Å². The Bertz CT molecular complexity index is 1220. The molecule has 0 saturated carbocycles. The summed E-state index contributed by atoms with van der Waals surface area (Å²) in [5.41, 5.74) is 4.26. The molecule has 32 heavy (non-hydrogen) atoms. The zero-order valence-electron chi connectivity index (χ0n) is 16.8. The van der Waals surface area contributed by atoms with Gasteiger partial charge in [0, 0.05) is 22.5 Å². The van der Waals surface area contributed by atoms with E-state index in [2.05, 4.69) is 20.7 Å². The number of furan rings is 1. The minimum absolute atomic E-state index is 0.125. The van der Waals surface area contributed by atoms with Crippen molar-refractivity contribution in [2.45, 2.75) is 5.16 Å². The van der Waals surface area contributed by atoms with Gasteiger partial charge < -0.3 is 4.42 Å². The molecule has 4 rings (SSSR count). The summed E-state index contributed by atoms with van der Waals surface area (Å²) in [6.45, 7) is 0. The Morgan fingerprint density at radius 1 is 1.09 bits per heavy atom. The highest BCUT2D eigenvalue weighted by molar-refractivity contribution is 7.99. The van der Waals surface area contributed by atoms with Crippen molar-refractivity contribution in [3.63, 3.8) is 0 Å². The second-order valence-corrected chi connectivity index (χ2v) is 7.84. The summed E-state index contributed by atoms with van der Waals surface area (Å²) >= 11 is 7.32. The van der Waals surface area contributed by atoms with Crippen LogP contribution in [0.1, 0.15) is 5.76 Å². The van der Waals surface area contributed by atoms with Crippen LogP contribution < -0.4 is 5.43 Å². The number of carbonyl (C=O) groups is 1. The van der Waals surface area contributed by atoms with Crippen LogP contribution in [0.5, 0.6) is 0 Å². The fourth-order valence-corrected chi connectivity index (χ4v) is 3.67. The van der Waals surface area contributed by atoms with E-state index in [0.29, 0.717) is 21.8 Å². The lowest BCUT2D eigenvalue weighted by Gasteiger charge is -2.10. The number of nitrogens with one attached hydrogen (secondary N) is 1. The number of aromatic nitrogens is 3. The summed E-state index contributed by atoms with van der Waals surface area (Å²) < 4.78 is 7.08. The lowest BCUT2D eigenvalue weighted by molar-refractivity contribution is -0.118. The van der Waals surface area contributed by atoms with Gasteiger partial charge in [0.15, 0.2) is 11.0 Å². The lowest BCUT2D eigenvalue weighted by Crippen LogP contribution is -2.19. The SMILES string of the molecule is O=C(CSc1nnc(-c2ccccc2)n1-c1ccc(Cl)cc1)N/N=C/C=C/c1ccco1. The maximum atomic E-state index is 12.2. The van der Waals surface area contributed by atoms with Gasteiger partial charge in [0.2, 0.25) is 0 Å². The highest BCUT2D eigenvalue weighted by atomic mass is 35.5. The lowest BCUT2D eigenvalue weighted by atomic mass is 10.2. The summed E-state index contributed by atoms with van der Waals surface area (Å²) in [6.07, 6.45) is 6.48. The molecule has 0 radical (unpaired) electrons. The topological polar surface area (TPSA) is 85.3 Å². The molecular formula is C23H18ClN5O2S. The third kappa shape index (κ3) is 5.54. The molecule has 2 aromatic carbocycles. The predicted molar refractivity (Wildman–Crippen MR) is 127 cm³/mol. The van der Waals surface area contributed by atoms with Crippen LogP contribution in [0.2, 0.25) is 5.02 Å². The Labute approximate surface area is 193 Å². The van der Waals surface area contributed by atoms with E-state index < -0.39 is 0 Å². The average Bonchev–Trinajstić information content (AvgIpc) is 3.49. The molecule has 4 aromatic rings. The van der Waals surface area contributed by atoms with Crippen molar-refractivity contribution >= 4 is 41.6 Å². The molecule has 0 bridgehead atoms. The van der Waals surface area contributed by atoms with E-state index in [0.717, 1.165) is 11.3 Å². The molecule has 0 aliphatic rings. The second-order valence-electron chi connectivity index (χ2n) is 6.46. The van der Waals surface area contributed by atoms with Crippen LogP contribution in [0.25, 0.3) is 23.2 Å². The first-order chi connectivity index (χ1) is 15.7. The molecule has 9 heteroatoms. The zero-order chi connectivity index (χ0) is 22.2. The largest absolute Gasteiger partial charge is 0.465 e. The summed E-state index contributed by atoms with van der Waals surface area (Å²) in [5.74, 6) is 1.25. The van der Waals surface area contributed by atoms with Crippen molar-refractivity contribution in [2.24, 2.45) is 5.10 Å². The Kier molecular flexibility index (Phi) is 7.16. The van der Waals surface area contributed by atoms with E-state index in [1.807, 2.05) is 53.1 Å². The van der Waals surface area contributed by atoms with E-state index in [1.54, 1.807) is 36.6 Å². The monoisotopic (exact) mass is 463 g/mol. The number of thioether (sulfide) groups is 1. The van der Waals surface area contributed by atoms with Crippen LogP contribution in [-0.4, -0.2) is 32.6 Å². The molecule has 1 N–H and O–H groups in total. The van der Waals surface area contributed by atoms with Crippen molar-refractivity contribution in [1.82, 2.24) is 20.2 Å². The number of amides is 1. The van der Waals surface area contributed by atoms with Crippen LogP contribution in [0.3, 0.4) is 0 Å². The Morgan fingerprint density at radius 2 is 1.91 bits per heavy atom. The van der Waals surface area contributed by atoms with Crippen LogP contribution in [0.4, 0.5) is 0 Å². The fourth-order valence-electron chi connectivity index (χ4n) is 2.80. The highest BCUT2D eigenvalue weighted by Crippen LogP contribution is 2.28. The number of rotatable bonds is 8. The third-order valence-corrected chi connectivity index (χ3v) is 5.42. The molecule has 0 fully saturated rings. The molecule has 0 aliphatic heterocycles. The number of carbonyl (C=O) groups excluding carboxylic acids is 1. The molecular weight excluding hydrogens is 446 g/mol. The number of hydrogen-bond donors (Lipinski definition) is 1. The number of allylic oxidation sites excluding steroid dienone is 1. The van der Waals surface area contributed by atoms with Crippen LogP contribution in [-0.2, 0) is 4.79 Å². The summed E-state index contributed by atoms with van der Waals surface area (Å²) in [5, 5.41) is 13.8. The van der Waals surface area contributed by atoms with Gasteiger partial charge in [-0.15, -0.1) is 10.2 Å². The second kappa shape index (κ2) is 10.6. The van der Waals surface area contributed by atoms with Crippen LogP contribution in [0.15, 0.2) is 93.7 Å². The van der Waals surface area contributed by atoms with E-state index >= 15 is 0 Å². The molecule has 0 saturated heterocycles. The fraction of sp³-hybridized carbons (Fsp3) is 0.0435. The first-order valence-electron chi connectivity index (χ1n) is 9.62. The van der Waals surface area contributed by atoms with Gasteiger partial charge in [-0.05, 0) is 48.6 Å². The van der Waals surface area contributed by atoms with Crippen LogP contribution >= 0.6 is 23.4 Å². The normalized spacial score (nSPS) is 11.4. The van der Waals surface area contributed by atoms with Crippen molar-refractivity contribution < 1.29 is 9.21 Å². The number of benzene rings is 2. The molecule has 0 aliphatic carbocycles. The molecule has 2 heterocycles. The van der Waals surface area contributed by atoms with Gasteiger partial charge in [-0.3, -0.25) is 9.36 Å². The summed E-state index contributed by atoms with van der Waals surface area (Å²) in [6, 6.07) is 20.7. The van der Waals surface area contributed by atoms with Gasteiger partial charge in [-0.2, -0.15) is 5.10 Å². The first kappa shape index (κ1) is 21.6. The van der Waals surface area contributed by atoms with Gasteiger partial charge in [-0.25, -0.2) is 5.43 Å². The minimum atomic E-state index is -0.260. The Hall–Kier alpha value is -3.62. The molecule has 2 aromatic heterocycles. The van der Waals surface area contributed by atoms with Crippen molar-refractivity contribution in [1.29, 1.82) is 0 Å². The Morgan fingerprint density at radius 3 is 2.66 bits per heavy atom. The van der Waals surface area contributed by atoms with Crippen molar-refractivity contribution in [3.05, 3.63) is 89.9 Å². The Balaban J connectivity index is 1.45. The molecule has 0 unspecified atom stereocenters. The quantitative estimate of drug-likeness (QED) is 0.223. The van der Waals surface area contributed by atoms with E-state index in [1.165, 1.54) is 18.0 Å². The number of hydrogen-bond acceptors (Lipinski definition) is 6. The molecule has 1 amide bonds. The summed E-state index contributed by atoms with van der Waals surface area (Å²) in [4.78, 5) is 12.2. The minimum Gasteiger partial charge on any atom is -0.465 e. The summed E-state index contributed by atoms with van der Waals surface area (Å²) in [7, 11) is 0. The standard InChI is InChI=1S/C23H18ClN5O2S/c24-18-10-12-19(13-11-18)29-22(17-6-2-1-3-7-17)27-28-23(29)32-16-21(30)26-25-14-4-8-20-9-5-15-31-20/h1-15H,16H2,(H,26,30)/b8-4+,25-14+. The molecule has 0 atom stereocenters. The molecule has 160 valence electrons. The van der Waals surface area contributed by atoms with Gasteiger partial charge in [0.1, 0.15) is 5.76 Å². The predicted octanol–water partition coefficient (Wildman–Crippen LogP) is 5.09. The molecule has 7 nitrogen and oxygen atoms in total. The zero-order valence-corrected chi connectivity index (χ0v) is 18.3. The van der Waals surface area contributed by atoms with E-state index in [-0.39, 0.29) is 11.7 Å². The van der Waals surface area contributed by atoms with E-state index in [4.69, 9.17) is 16.0 Å². The van der Waals surface area contributed by atoms with Gasteiger partial charge >= 0.3 is 0 Å². The third-order valence-electron chi connectivity index (χ3n) is 4.24. The highest BCUT2D eigenvalue weighted by Gasteiger charge is 2.17. The average molecular weight is 464 g/mol. The van der Waals surface area contributed by atoms with Crippen molar-refractivity contribution in [2.75, 3.05) is 5.75 Å². The number of hydrazone groups is 1. The van der Waals surface area contributed by atoms with Gasteiger partial charge in [-0.1, -0.05) is 53.7 Å². The van der Waals surface area contributed by atoms with E-state index in [9.17, 15) is 4.79 Å². The molecule has 0 spiro atoms. The van der Waals surface area contributed by atoms with Crippen molar-refractivity contribution in [3.8, 4) is 17.1 Å². The van der Waals surface area contributed by atoms with Gasteiger partial charge in [0.05, 0.1) is 12.0 Å². The van der Waals surface area contributed by atoms with Gasteiger partial charge in [0.25, 0.3) is 5.91 Å². The number of nitrogens with zero attached hydrogens (tertiary/aromatic N) is 4. The smallest absolute Gasteiger partial charge is 0.250 e. The maximum Gasteiger partial charge on any atom is 0.250 e. The maximum absolute atomic E-state index is 12.2. The number of halogens is 1. The first-order valence-corrected chi connectivity index (χ1v) is 11.0.